The van der Waals surface area contributed by atoms with E-state index < -0.39 is 0 Å². The number of carbonyl (C=O) groups excluding carboxylic acids is 1. The van der Waals surface area contributed by atoms with Gasteiger partial charge in [0.15, 0.2) is 0 Å². The molecule has 18 heavy (non-hydrogen) atoms. The van der Waals surface area contributed by atoms with Crippen LogP contribution < -0.4 is 11.1 Å². The Morgan fingerprint density at radius 3 is 2.44 bits per heavy atom. The summed E-state index contributed by atoms with van der Waals surface area (Å²) in [4.78, 5) is 12.0. The molecule has 4 heteroatoms. The SMILES string of the molecule is Cc1ccc(NC(=O)c2ccc(Br)cc2)cc1N. The van der Waals surface area contributed by atoms with Crippen LogP contribution in [0.2, 0.25) is 0 Å². The lowest BCUT2D eigenvalue weighted by Gasteiger charge is -2.07. The summed E-state index contributed by atoms with van der Waals surface area (Å²) in [6, 6.07) is 12.7. The van der Waals surface area contributed by atoms with Crippen LogP contribution in [0, 0.1) is 6.92 Å². The van der Waals surface area contributed by atoms with Crippen molar-refractivity contribution in [2.45, 2.75) is 6.92 Å². The number of benzene rings is 2. The smallest absolute Gasteiger partial charge is 0.255 e. The largest absolute Gasteiger partial charge is 0.398 e. The van der Waals surface area contributed by atoms with Gasteiger partial charge in [-0.2, -0.15) is 0 Å². The third-order valence-electron chi connectivity index (χ3n) is 2.64. The number of amides is 1. The van der Waals surface area contributed by atoms with Gasteiger partial charge in [0.2, 0.25) is 0 Å². The molecule has 0 bridgehead atoms. The molecular formula is C14H13BrN2O. The fourth-order valence-corrected chi connectivity index (χ4v) is 1.79. The van der Waals surface area contributed by atoms with Crippen LogP contribution in [0.5, 0.6) is 0 Å². The Kier molecular flexibility index (Phi) is 3.67. The second kappa shape index (κ2) is 5.23. The molecular weight excluding hydrogens is 292 g/mol. The molecule has 2 aromatic rings. The number of carbonyl (C=O) groups is 1. The summed E-state index contributed by atoms with van der Waals surface area (Å²) in [7, 11) is 0. The average molecular weight is 305 g/mol. The summed E-state index contributed by atoms with van der Waals surface area (Å²) < 4.78 is 0.943. The summed E-state index contributed by atoms with van der Waals surface area (Å²) in [6.45, 7) is 1.93. The second-order valence-electron chi connectivity index (χ2n) is 4.03. The van der Waals surface area contributed by atoms with E-state index in [1.54, 1.807) is 18.2 Å². The third kappa shape index (κ3) is 2.90. The van der Waals surface area contributed by atoms with Crippen LogP contribution in [0.3, 0.4) is 0 Å². The first-order chi connectivity index (χ1) is 8.56. The van der Waals surface area contributed by atoms with Crippen LogP contribution in [0.4, 0.5) is 11.4 Å². The predicted octanol–water partition coefficient (Wildman–Crippen LogP) is 3.59. The minimum Gasteiger partial charge on any atom is -0.398 e. The second-order valence-corrected chi connectivity index (χ2v) is 4.95. The summed E-state index contributed by atoms with van der Waals surface area (Å²) in [6.07, 6.45) is 0. The van der Waals surface area contributed by atoms with Gasteiger partial charge in [-0.1, -0.05) is 22.0 Å². The van der Waals surface area contributed by atoms with E-state index in [1.165, 1.54) is 0 Å². The standard InChI is InChI=1S/C14H13BrN2O/c1-9-2-7-12(8-13(9)16)17-14(18)10-3-5-11(15)6-4-10/h2-8H,16H2,1H3,(H,17,18). The minimum absolute atomic E-state index is 0.147. The van der Waals surface area contributed by atoms with Gasteiger partial charge < -0.3 is 11.1 Å². The highest BCUT2D eigenvalue weighted by molar-refractivity contribution is 9.10. The first-order valence-corrected chi connectivity index (χ1v) is 6.28. The third-order valence-corrected chi connectivity index (χ3v) is 3.17. The molecule has 3 N–H and O–H groups in total. The zero-order valence-corrected chi connectivity index (χ0v) is 11.5. The molecule has 3 nitrogen and oxygen atoms in total. The predicted molar refractivity (Wildman–Crippen MR) is 77.7 cm³/mol. The maximum absolute atomic E-state index is 12.0. The van der Waals surface area contributed by atoms with Crippen LogP contribution >= 0.6 is 15.9 Å². The lowest BCUT2D eigenvalue weighted by molar-refractivity contribution is 0.102. The number of aryl methyl sites for hydroxylation is 1. The number of hydrogen-bond donors (Lipinski definition) is 2. The quantitative estimate of drug-likeness (QED) is 0.833. The van der Waals surface area contributed by atoms with E-state index in [1.807, 2.05) is 31.2 Å². The van der Waals surface area contributed by atoms with E-state index in [-0.39, 0.29) is 5.91 Å². The van der Waals surface area contributed by atoms with Gasteiger partial charge in [-0.3, -0.25) is 4.79 Å². The topological polar surface area (TPSA) is 55.1 Å². The van der Waals surface area contributed by atoms with E-state index >= 15 is 0 Å². The molecule has 0 saturated carbocycles. The molecule has 0 radical (unpaired) electrons. The van der Waals surface area contributed by atoms with Crippen molar-refractivity contribution in [3.63, 3.8) is 0 Å². The van der Waals surface area contributed by atoms with Crippen molar-refractivity contribution in [2.75, 3.05) is 11.1 Å². The number of nitrogen functional groups attached to an aromatic ring is 1. The Hall–Kier alpha value is -1.81. The number of anilines is 2. The summed E-state index contributed by atoms with van der Waals surface area (Å²) in [5, 5.41) is 2.81. The van der Waals surface area contributed by atoms with Crippen molar-refractivity contribution in [3.05, 3.63) is 58.1 Å². The number of rotatable bonds is 2. The first-order valence-electron chi connectivity index (χ1n) is 5.49. The molecule has 0 fully saturated rings. The van der Waals surface area contributed by atoms with E-state index in [0.717, 1.165) is 10.0 Å². The maximum atomic E-state index is 12.0. The van der Waals surface area contributed by atoms with E-state index in [0.29, 0.717) is 16.9 Å². The molecule has 92 valence electrons. The van der Waals surface area contributed by atoms with Crippen LogP contribution in [-0.4, -0.2) is 5.91 Å². The minimum atomic E-state index is -0.147. The molecule has 0 saturated heterocycles. The zero-order valence-electron chi connectivity index (χ0n) is 9.91. The van der Waals surface area contributed by atoms with Crippen LogP contribution in [0.25, 0.3) is 0 Å². The molecule has 0 aliphatic carbocycles. The van der Waals surface area contributed by atoms with E-state index in [2.05, 4.69) is 21.2 Å². The van der Waals surface area contributed by atoms with Gasteiger partial charge in [-0.05, 0) is 48.9 Å². The van der Waals surface area contributed by atoms with E-state index in [4.69, 9.17) is 5.73 Å². The van der Waals surface area contributed by atoms with Crippen molar-refractivity contribution in [2.24, 2.45) is 0 Å². The Labute approximate surface area is 114 Å². The number of nitrogens with one attached hydrogen (secondary N) is 1. The van der Waals surface area contributed by atoms with Gasteiger partial charge in [-0.15, -0.1) is 0 Å². The Bertz CT molecular complexity index is 579. The van der Waals surface area contributed by atoms with E-state index in [9.17, 15) is 4.79 Å². The van der Waals surface area contributed by atoms with Crippen LogP contribution in [-0.2, 0) is 0 Å². The van der Waals surface area contributed by atoms with Crippen molar-refractivity contribution in [3.8, 4) is 0 Å². The van der Waals surface area contributed by atoms with Crippen LogP contribution in [0.15, 0.2) is 46.9 Å². The number of hydrogen-bond acceptors (Lipinski definition) is 2. The van der Waals surface area contributed by atoms with Crippen molar-refractivity contribution in [1.29, 1.82) is 0 Å². The lowest BCUT2D eigenvalue weighted by Crippen LogP contribution is -2.11. The monoisotopic (exact) mass is 304 g/mol. The summed E-state index contributed by atoms with van der Waals surface area (Å²) in [5.41, 5.74) is 8.77. The molecule has 0 aliphatic heterocycles. The fourth-order valence-electron chi connectivity index (χ4n) is 1.52. The summed E-state index contributed by atoms with van der Waals surface area (Å²) >= 11 is 3.33. The molecule has 2 rings (SSSR count). The highest BCUT2D eigenvalue weighted by Crippen LogP contribution is 2.18. The molecule has 0 heterocycles. The van der Waals surface area contributed by atoms with Crippen molar-refractivity contribution in [1.82, 2.24) is 0 Å². The molecule has 0 aliphatic rings. The normalized spacial score (nSPS) is 10.1. The van der Waals surface area contributed by atoms with Gasteiger partial charge >= 0.3 is 0 Å². The summed E-state index contributed by atoms with van der Waals surface area (Å²) in [5.74, 6) is -0.147. The lowest BCUT2D eigenvalue weighted by atomic mass is 10.1. The number of halogens is 1. The van der Waals surface area contributed by atoms with Crippen molar-refractivity contribution >= 4 is 33.2 Å². The number of nitrogens with two attached hydrogens (primary N) is 1. The highest BCUT2D eigenvalue weighted by atomic mass is 79.9. The average Bonchev–Trinajstić information content (AvgIpc) is 2.34. The maximum Gasteiger partial charge on any atom is 0.255 e. The Morgan fingerprint density at radius 1 is 1.17 bits per heavy atom. The fraction of sp³-hybridized carbons (Fsp3) is 0.0714. The van der Waals surface area contributed by atoms with Gasteiger partial charge in [-0.25, -0.2) is 0 Å². The molecule has 0 aromatic heterocycles. The Balaban J connectivity index is 2.16. The van der Waals surface area contributed by atoms with Gasteiger partial charge in [0, 0.05) is 21.4 Å². The van der Waals surface area contributed by atoms with Gasteiger partial charge in [0.05, 0.1) is 0 Å². The van der Waals surface area contributed by atoms with Gasteiger partial charge in [0.25, 0.3) is 5.91 Å². The molecule has 1 amide bonds. The zero-order chi connectivity index (χ0) is 13.1. The Morgan fingerprint density at radius 2 is 1.83 bits per heavy atom. The molecule has 0 unspecified atom stereocenters. The van der Waals surface area contributed by atoms with Gasteiger partial charge in [0.1, 0.15) is 0 Å². The van der Waals surface area contributed by atoms with Crippen molar-refractivity contribution < 1.29 is 4.79 Å². The highest BCUT2D eigenvalue weighted by Gasteiger charge is 2.06. The molecule has 0 spiro atoms. The molecule has 2 aromatic carbocycles. The van der Waals surface area contributed by atoms with Crippen LogP contribution in [0.1, 0.15) is 15.9 Å². The molecule has 0 atom stereocenters. The first kappa shape index (κ1) is 12.6.